The Kier molecular flexibility index (Phi) is 7.45. The molecule has 174 valence electrons. The number of fused-ring (bicyclic) bond motifs is 1. The molecule has 0 unspecified atom stereocenters. The lowest BCUT2D eigenvalue weighted by atomic mass is 10.1. The number of thioether (sulfide) groups is 1. The molecule has 0 spiro atoms. The second kappa shape index (κ2) is 10.3. The molecular formula is C25H19Br2NO5S. The highest BCUT2D eigenvalue weighted by Crippen LogP contribution is 2.39. The fourth-order valence-electron chi connectivity index (χ4n) is 3.61. The van der Waals surface area contributed by atoms with Gasteiger partial charge in [0, 0.05) is 0 Å². The van der Waals surface area contributed by atoms with Gasteiger partial charge in [-0.2, -0.15) is 0 Å². The van der Waals surface area contributed by atoms with Gasteiger partial charge >= 0.3 is 5.97 Å². The van der Waals surface area contributed by atoms with Gasteiger partial charge < -0.3 is 9.47 Å². The number of imide groups is 1. The van der Waals surface area contributed by atoms with Crippen molar-refractivity contribution < 1.29 is 23.9 Å². The predicted octanol–water partition coefficient (Wildman–Crippen LogP) is 6.54. The normalized spacial score (nSPS) is 15.8. The summed E-state index contributed by atoms with van der Waals surface area (Å²) in [7, 11) is 1.21. The van der Waals surface area contributed by atoms with Gasteiger partial charge in [-0.1, -0.05) is 42.5 Å². The van der Waals surface area contributed by atoms with Crippen molar-refractivity contribution in [1.82, 2.24) is 4.90 Å². The van der Waals surface area contributed by atoms with Crippen LogP contribution in [0.3, 0.4) is 0 Å². The molecule has 3 aromatic rings. The molecule has 9 heteroatoms. The van der Waals surface area contributed by atoms with Crippen LogP contribution in [0.5, 0.6) is 5.75 Å². The number of esters is 1. The summed E-state index contributed by atoms with van der Waals surface area (Å²) < 4.78 is 12.2. The molecule has 2 amide bonds. The minimum atomic E-state index is -0.994. The minimum absolute atomic E-state index is 0.226. The first-order valence-electron chi connectivity index (χ1n) is 10.2. The lowest BCUT2D eigenvalue weighted by Gasteiger charge is -2.18. The first-order chi connectivity index (χ1) is 16.3. The van der Waals surface area contributed by atoms with Gasteiger partial charge in [0.1, 0.15) is 18.4 Å². The SMILES string of the molecule is COC(=O)[C@@H](C)N1C(=O)S/C(=C/c2cc(Br)c(OCc3cccc4ccccc34)c(Br)c2)C1=O. The van der Waals surface area contributed by atoms with Crippen LogP contribution >= 0.6 is 43.6 Å². The number of ether oxygens (including phenoxy) is 2. The van der Waals surface area contributed by atoms with Crippen LogP contribution in [0.15, 0.2) is 68.4 Å². The molecule has 0 saturated carbocycles. The Morgan fingerprint density at radius 2 is 1.76 bits per heavy atom. The Morgan fingerprint density at radius 1 is 1.09 bits per heavy atom. The highest BCUT2D eigenvalue weighted by molar-refractivity contribution is 9.11. The Hall–Kier alpha value is -2.62. The van der Waals surface area contributed by atoms with E-state index < -0.39 is 23.2 Å². The van der Waals surface area contributed by atoms with E-state index in [0.717, 1.165) is 33.0 Å². The zero-order chi connectivity index (χ0) is 24.4. The lowest BCUT2D eigenvalue weighted by molar-refractivity contribution is -0.148. The number of hydrogen-bond acceptors (Lipinski definition) is 6. The Labute approximate surface area is 217 Å². The largest absolute Gasteiger partial charge is 0.487 e. The summed E-state index contributed by atoms with van der Waals surface area (Å²) >= 11 is 7.88. The number of halogens is 2. The molecule has 34 heavy (non-hydrogen) atoms. The number of carbonyl (C=O) groups excluding carboxylic acids is 3. The molecule has 4 rings (SSSR count). The molecule has 6 nitrogen and oxygen atoms in total. The molecule has 0 N–H and O–H groups in total. The van der Waals surface area contributed by atoms with Crippen LogP contribution in [-0.4, -0.2) is 35.2 Å². The van der Waals surface area contributed by atoms with Gasteiger partial charge in [-0.3, -0.25) is 14.5 Å². The third kappa shape index (κ3) is 4.92. The third-order valence-corrected chi connectivity index (χ3v) is 7.39. The predicted molar refractivity (Wildman–Crippen MR) is 139 cm³/mol. The standard InChI is InChI=1S/C25H19Br2NO5S/c1-14(24(30)32-2)28-23(29)21(34-25(28)31)12-15-10-19(26)22(20(27)11-15)33-13-17-8-5-7-16-6-3-4-9-18(16)17/h3-12,14H,13H2,1-2H3/b21-12+/t14-/m1/s1. The van der Waals surface area contributed by atoms with E-state index in [1.165, 1.54) is 14.0 Å². The first kappa shape index (κ1) is 24.5. The van der Waals surface area contributed by atoms with Crippen LogP contribution in [-0.2, 0) is 20.9 Å². The maximum atomic E-state index is 12.7. The molecular weight excluding hydrogens is 586 g/mol. The number of amides is 2. The average molecular weight is 605 g/mol. The van der Waals surface area contributed by atoms with Gasteiger partial charge in [-0.25, -0.2) is 4.79 Å². The maximum absolute atomic E-state index is 12.7. The highest BCUT2D eigenvalue weighted by Gasteiger charge is 2.41. The van der Waals surface area contributed by atoms with E-state index in [1.807, 2.05) is 24.3 Å². The van der Waals surface area contributed by atoms with Crippen molar-refractivity contribution in [2.45, 2.75) is 19.6 Å². The van der Waals surface area contributed by atoms with Gasteiger partial charge in [0.05, 0.1) is 21.0 Å². The molecule has 0 aliphatic carbocycles. The summed E-state index contributed by atoms with van der Waals surface area (Å²) in [4.78, 5) is 38.0. The number of methoxy groups -OCH3 is 1. The van der Waals surface area contributed by atoms with Crippen molar-refractivity contribution in [1.29, 1.82) is 0 Å². The van der Waals surface area contributed by atoms with Crippen molar-refractivity contribution in [3.63, 3.8) is 0 Å². The average Bonchev–Trinajstić information content (AvgIpc) is 3.10. The monoisotopic (exact) mass is 603 g/mol. The molecule has 1 aliphatic rings. The number of hydrogen-bond donors (Lipinski definition) is 0. The number of benzene rings is 3. The van der Waals surface area contributed by atoms with E-state index in [9.17, 15) is 14.4 Å². The zero-order valence-electron chi connectivity index (χ0n) is 18.2. The van der Waals surface area contributed by atoms with Gasteiger partial charge in [0.2, 0.25) is 0 Å². The molecule has 0 bridgehead atoms. The second-order valence-electron chi connectivity index (χ2n) is 7.49. The van der Waals surface area contributed by atoms with Gasteiger partial charge in [-0.05, 0) is 90.7 Å². The van der Waals surface area contributed by atoms with Gasteiger partial charge in [0.15, 0.2) is 0 Å². The highest BCUT2D eigenvalue weighted by atomic mass is 79.9. The topological polar surface area (TPSA) is 72.9 Å². The van der Waals surface area contributed by atoms with Gasteiger partial charge in [-0.15, -0.1) is 0 Å². The molecule has 1 aliphatic heterocycles. The fourth-order valence-corrected chi connectivity index (χ4v) is 5.97. The van der Waals surface area contributed by atoms with E-state index in [0.29, 0.717) is 26.9 Å². The molecule has 1 atom stereocenters. The van der Waals surface area contributed by atoms with Crippen LogP contribution in [0.2, 0.25) is 0 Å². The summed E-state index contributed by atoms with van der Waals surface area (Å²) in [6, 6.07) is 16.8. The van der Waals surface area contributed by atoms with E-state index >= 15 is 0 Å². The fraction of sp³-hybridized carbons (Fsp3) is 0.160. The Morgan fingerprint density at radius 3 is 2.47 bits per heavy atom. The van der Waals surface area contributed by atoms with Gasteiger partial charge in [0.25, 0.3) is 11.1 Å². The minimum Gasteiger partial charge on any atom is -0.487 e. The van der Waals surface area contributed by atoms with Crippen LogP contribution in [0, 0.1) is 0 Å². The van der Waals surface area contributed by atoms with Crippen molar-refractivity contribution >= 4 is 77.6 Å². The first-order valence-corrected chi connectivity index (χ1v) is 12.6. The van der Waals surface area contributed by atoms with E-state index in [4.69, 9.17) is 4.74 Å². The molecule has 0 aromatic heterocycles. The Balaban J connectivity index is 1.55. The van der Waals surface area contributed by atoms with E-state index in [1.54, 1.807) is 18.2 Å². The molecule has 1 saturated heterocycles. The molecule has 1 fully saturated rings. The number of carbonyl (C=O) groups is 3. The summed E-state index contributed by atoms with van der Waals surface area (Å²) in [5, 5.41) is 1.76. The number of rotatable bonds is 6. The van der Waals surface area contributed by atoms with Crippen molar-refractivity contribution in [3.05, 3.63) is 79.6 Å². The molecule has 0 radical (unpaired) electrons. The second-order valence-corrected chi connectivity index (χ2v) is 10.2. The Bertz CT molecular complexity index is 1310. The summed E-state index contributed by atoms with van der Waals surface area (Å²) in [5.41, 5.74) is 1.75. The van der Waals surface area contributed by atoms with E-state index in [2.05, 4.69) is 54.8 Å². The lowest BCUT2D eigenvalue weighted by Crippen LogP contribution is -2.42. The van der Waals surface area contributed by atoms with Crippen molar-refractivity contribution in [2.24, 2.45) is 0 Å². The number of nitrogens with zero attached hydrogens (tertiary/aromatic N) is 1. The van der Waals surface area contributed by atoms with Crippen LogP contribution in [0.4, 0.5) is 4.79 Å². The quantitative estimate of drug-likeness (QED) is 0.235. The van der Waals surface area contributed by atoms with Crippen LogP contribution < -0.4 is 4.74 Å². The third-order valence-electron chi connectivity index (χ3n) is 5.32. The maximum Gasteiger partial charge on any atom is 0.328 e. The van der Waals surface area contributed by atoms with Crippen molar-refractivity contribution in [3.8, 4) is 5.75 Å². The summed E-state index contributed by atoms with van der Waals surface area (Å²) in [6.45, 7) is 1.84. The molecule has 3 aromatic carbocycles. The van der Waals surface area contributed by atoms with Crippen molar-refractivity contribution in [2.75, 3.05) is 7.11 Å². The van der Waals surface area contributed by atoms with E-state index in [-0.39, 0.29) is 4.91 Å². The van der Waals surface area contributed by atoms with Crippen LogP contribution in [0.25, 0.3) is 16.8 Å². The smallest absolute Gasteiger partial charge is 0.328 e. The molecule has 1 heterocycles. The zero-order valence-corrected chi connectivity index (χ0v) is 22.2. The van der Waals surface area contributed by atoms with Crippen LogP contribution in [0.1, 0.15) is 18.1 Å². The summed E-state index contributed by atoms with van der Waals surface area (Å²) in [5.74, 6) is -0.560. The summed E-state index contributed by atoms with van der Waals surface area (Å²) in [6.07, 6.45) is 1.61.